The second kappa shape index (κ2) is 5.18. The van der Waals surface area contributed by atoms with Crippen molar-refractivity contribution in [2.45, 2.75) is 11.8 Å². The van der Waals surface area contributed by atoms with Crippen molar-refractivity contribution in [3.8, 4) is 6.07 Å². The van der Waals surface area contributed by atoms with Crippen LogP contribution in [0.2, 0.25) is 0 Å². The summed E-state index contributed by atoms with van der Waals surface area (Å²) < 4.78 is 0. The van der Waals surface area contributed by atoms with E-state index in [9.17, 15) is 4.79 Å². The van der Waals surface area contributed by atoms with Crippen LogP contribution >= 0.6 is 11.6 Å². The van der Waals surface area contributed by atoms with E-state index in [0.29, 0.717) is 13.1 Å². The van der Waals surface area contributed by atoms with Crippen LogP contribution in [-0.2, 0) is 4.79 Å². The molecule has 4 nitrogen and oxygen atoms in total. The Balaban J connectivity index is 2.35. The molecule has 1 aliphatic rings. The van der Waals surface area contributed by atoms with Crippen molar-refractivity contribution >= 4 is 17.5 Å². The van der Waals surface area contributed by atoms with E-state index >= 15 is 0 Å². The van der Waals surface area contributed by atoms with Crippen LogP contribution in [0.25, 0.3) is 0 Å². The maximum Gasteiger partial charge on any atom is 0.224 e. The van der Waals surface area contributed by atoms with Gasteiger partial charge in [-0.3, -0.25) is 9.69 Å². The summed E-state index contributed by atoms with van der Waals surface area (Å²) >= 11 is 5.70. The maximum atomic E-state index is 11.3. The Kier molecular flexibility index (Phi) is 4.18. The number of hydrogen-bond donors (Lipinski definition) is 1. The molecule has 0 radical (unpaired) electrons. The number of halogens is 1. The van der Waals surface area contributed by atoms with E-state index in [0.717, 1.165) is 13.0 Å². The summed E-state index contributed by atoms with van der Waals surface area (Å²) in [6.07, 6.45) is 0.856. The van der Waals surface area contributed by atoms with E-state index in [4.69, 9.17) is 16.9 Å². The van der Waals surface area contributed by atoms with Gasteiger partial charge in [0.25, 0.3) is 0 Å². The zero-order valence-electron chi connectivity index (χ0n) is 8.16. The molecule has 0 bridgehead atoms. The number of nitrogens with one attached hydrogen (secondary N) is 1. The fourth-order valence-corrected chi connectivity index (χ4v) is 1.88. The van der Waals surface area contributed by atoms with E-state index in [1.165, 1.54) is 0 Å². The molecule has 0 saturated carbocycles. The third kappa shape index (κ3) is 2.86. The number of amides is 1. The molecule has 1 aliphatic heterocycles. The van der Waals surface area contributed by atoms with E-state index in [2.05, 4.69) is 10.2 Å². The van der Waals surface area contributed by atoms with Crippen LogP contribution in [0.5, 0.6) is 0 Å². The Morgan fingerprint density at radius 2 is 2.57 bits per heavy atom. The predicted molar refractivity (Wildman–Crippen MR) is 53.9 cm³/mol. The van der Waals surface area contributed by atoms with Crippen LogP contribution in [0.15, 0.2) is 0 Å². The van der Waals surface area contributed by atoms with Crippen molar-refractivity contribution in [1.29, 1.82) is 5.26 Å². The summed E-state index contributed by atoms with van der Waals surface area (Å²) in [4.78, 5) is 13.3. The lowest BCUT2D eigenvalue weighted by molar-refractivity contribution is -0.124. The molecule has 2 atom stereocenters. The van der Waals surface area contributed by atoms with Gasteiger partial charge in [-0.2, -0.15) is 5.26 Å². The van der Waals surface area contributed by atoms with Gasteiger partial charge >= 0.3 is 0 Å². The van der Waals surface area contributed by atoms with E-state index in [1.807, 2.05) is 6.07 Å². The molecule has 1 heterocycles. The van der Waals surface area contributed by atoms with Gasteiger partial charge in [-0.15, -0.1) is 11.6 Å². The number of nitrogens with zero attached hydrogens (tertiary/aromatic N) is 2. The average molecular weight is 216 g/mol. The molecule has 1 fully saturated rings. The molecule has 14 heavy (non-hydrogen) atoms. The monoisotopic (exact) mass is 215 g/mol. The first-order chi connectivity index (χ1) is 6.67. The summed E-state index contributed by atoms with van der Waals surface area (Å²) in [5.41, 5.74) is 0. The number of alkyl halides is 1. The topological polar surface area (TPSA) is 56.1 Å². The minimum absolute atomic E-state index is 0.0579. The van der Waals surface area contributed by atoms with E-state index < -0.39 is 5.38 Å². The Labute approximate surface area is 88.8 Å². The zero-order chi connectivity index (χ0) is 10.6. The maximum absolute atomic E-state index is 11.3. The molecule has 0 aliphatic carbocycles. The third-order valence-corrected chi connectivity index (χ3v) is 2.68. The van der Waals surface area contributed by atoms with E-state index in [1.54, 1.807) is 7.05 Å². The van der Waals surface area contributed by atoms with Gasteiger partial charge in [0.2, 0.25) is 5.91 Å². The fraction of sp³-hybridized carbons (Fsp3) is 0.778. The van der Waals surface area contributed by atoms with Gasteiger partial charge in [-0.05, 0) is 13.0 Å². The van der Waals surface area contributed by atoms with Crippen molar-refractivity contribution in [2.75, 3.05) is 26.7 Å². The highest BCUT2D eigenvalue weighted by molar-refractivity contribution is 6.22. The minimum Gasteiger partial charge on any atom is -0.359 e. The standard InChI is InChI=1S/C9H14ClN3O/c1-12-9(14)7-2-3-13(5-7)6-8(10)4-11/h7-8H,2-3,5-6H2,1H3,(H,12,14). The number of hydrogen-bond acceptors (Lipinski definition) is 3. The number of likely N-dealkylation sites (tertiary alicyclic amines) is 1. The lowest BCUT2D eigenvalue weighted by Crippen LogP contribution is -2.32. The quantitative estimate of drug-likeness (QED) is 0.684. The highest BCUT2D eigenvalue weighted by atomic mass is 35.5. The van der Waals surface area contributed by atoms with Crippen molar-refractivity contribution in [3.05, 3.63) is 0 Å². The van der Waals surface area contributed by atoms with Gasteiger partial charge in [0.15, 0.2) is 0 Å². The lowest BCUT2D eigenvalue weighted by Gasteiger charge is -2.15. The van der Waals surface area contributed by atoms with Crippen molar-refractivity contribution < 1.29 is 4.79 Å². The predicted octanol–water partition coefficient (Wildman–Crippen LogP) is 0.185. The highest BCUT2D eigenvalue weighted by Crippen LogP contribution is 2.17. The van der Waals surface area contributed by atoms with Crippen LogP contribution in [0.1, 0.15) is 6.42 Å². The molecule has 0 spiro atoms. The van der Waals surface area contributed by atoms with E-state index in [-0.39, 0.29) is 11.8 Å². The third-order valence-electron chi connectivity index (χ3n) is 2.45. The summed E-state index contributed by atoms with van der Waals surface area (Å²) in [7, 11) is 1.64. The summed E-state index contributed by atoms with van der Waals surface area (Å²) in [6, 6.07) is 1.97. The largest absolute Gasteiger partial charge is 0.359 e. The fourth-order valence-electron chi connectivity index (χ4n) is 1.68. The molecule has 1 amide bonds. The van der Waals surface area contributed by atoms with Crippen molar-refractivity contribution in [3.63, 3.8) is 0 Å². The molecule has 5 heteroatoms. The van der Waals surface area contributed by atoms with Crippen LogP contribution in [0, 0.1) is 17.2 Å². The average Bonchev–Trinajstić information content (AvgIpc) is 2.65. The van der Waals surface area contributed by atoms with Gasteiger partial charge in [0, 0.05) is 20.1 Å². The summed E-state index contributed by atoms with van der Waals surface area (Å²) in [5, 5.41) is 10.7. The molecule has 0 aromatic rings. The Morgan fingerprint density at radius 1 is 1.86 bits per heavy atom. The highest BCUT2D eigenvalue weighted by Gasteiger charge is 2.28. The van der Waals surface area contributed by atoms with Crippen LogP contribution in [0.3, 0.4) is 0 Å². The van der Waals surface area contributed by atoms with Crippen LogP contribution < -0.4 is 5.32 Å². The molecule has 0 aromatic heterocycles. The molecule has 0 aromatic carbocycles. The second-order valence-corrected chi connectivity index (χ2v) is 3.98. The van der Waals surface area contributed by atoms with Crippen molar-refractivity contribution in [1.82, 2.24) is 10.2 Å². The van der Waals surface area contributed by atoms with Gasteiger partial charge in [-0.25, -0.2) is 0 Å². The number of carbonyl (C=O) groups is 1. The second-order valence-electron chi connectivity index (χ2n) is 3.46. The van der Waals surface area contributed by atoms with Gasteiger partial charge in [-0.1, -0.05) is 0 Å². The Hall–Kier alpha value is -0.790. The number of carbonyl (C=O) groups excluding carboxylic acids is 1. The Morgan fingerprint density at radius 3 is 3.14 bits per heavy atom. The molecular formula is C9H14ClN3O. The summed E-state index contributed by atoms with van der Waals surface area (Å²) in [5.74, 6) is 0.137. The molecular weight excluding hydrogens is 202 g/mol. The summed E-state index contributed by atoms with van der Waals surface area (Å²) in [6.45, 7) is 2.11. The molecule has 1 saturated heterocycles. The van der Waals surface area contributed by atoms with Gasteiger partial charge in [0.05, 0.1) is 12.0 Å². The van der Waals surface area contributed by atoms with Crippen LogP contribution in [-0.4, -0.2) is 42.9 Å². The van der Waals surface area contributed by atoms with Crippen molar-refractivity contribution in [2.24, 2.45) is 5.92 Å². The number of nitriles is 1. The molecule has 1 rings (SSSR count). The molecule has 78 valence electrons. The zero-order valence-corrected chi connectivity index (χ0v) is 8.92. The molecule has 2 unspecified atom stereocenters. The first-order valence-corrected chi connectivity index (χ1v) is 5.08. The Bertz CT molecular complexity index is 251. The first kappa shape index (κ1) is 11.3. The minimum atomic E-state index is -0.474. The SMILES string of the molecule is CNC(=O)C1CCN(CC(Cl)C#N)C1. The van der Waals surface area contributed by atoms with Crippen LogP contribution in [0.4, 0.5) is 0 Å². The van der Waals surface area contributed by atoms with Gasteiger partial charge < -0.3 is 5.32 Å². The first-order valence-electron chi connectivity index (χ1n) is 4.65. The normalized spacial score (nSPS) is 24.2. The molecule has 1 N–H and O–H groups in total. The lowest BCUT2D eigenvalue weighted by atomic mass is 10.1. The number of rotatable bonds is 3. The van der Waals surface area contributed by atoms with Gasteiger partial charge in [0.1, 0.15) is 5.38 Å². The smallest absolute Gasteiger partial charge is 0.224 e.